The van der Waals surface area contributed by atoms with Crippen molar-refractivity contribution in [1.29, 1.82) is 5.26 Å². The summed E-state index contributed by atoms with van der Waals surface area (Å²) in [7, 11) is 0. The highest BCUT2D eigenvalue weighted by atomic mass is 19.4. The van der Waals surface area contributed by atoms with Gasteiger partial charge in [-0.15, -0.1) is 0 Å². The number of benzene rings is 1. The fourth-order valence-corrected chi connectivity index (χ4v) is 4.10. The van der Waals surface area contributed by atoms with E-state index in [1.54, 1.807) is 24.3 Å². The first-order chi connectivity index (χ1) is 18.3. The normalized spacial score (nSPS) is 15.9. The highest BCUT2D eigenvalue weighted by molar-refractivity contribution is 6.35. The zero-order valence-corrected chi connectivity index (χ0v) is 21.0. The minimum atomic E-state index is -5.08. The number of halogens is 3. The largest absolute Gasteiger partial charge is 0.490 e. The monoisotopic (exact) mass is 546 g/mol. The molecule has 4 rings (SSSR count). The Labute approximate surface area is 220 Å². The van der Waals surface area contributed by atoms with Crippen molar-refractivity contribution >= 4 is 41.0 Å². The number of alkyl halides is 3. The second-order valence-corrected chi connectivity index (χ2v) is 8.73. The van der Waals surface area contributed by atoms with Crippen LogP contribution in [0.2, 0.25) is 0 Å². The van der Waals surface area contributed by atoms with Gasteiger partial charge in [0, 0.05) is 48.8 Å². The summed E-state index contributed by atoms with van der Waals surface area (Å²) in [4.78, 5) is 50.9. The predicted molar refractivity (Wildman–Crippen MR) is 133 cm³/mol. The Morgan fingerprint density at radius 3 is 2.56 bits per heavy atom. The summed E-state index contributed by atoms with van der Waals surface area (Å²) in [6.07, 6.45) is -3.37. The van der Waals surface area contributed by atoms with E-state index in [1.807, 2.05) is 18.7 Å². The SMILES string of the molecule is Cc1[nH]c(/C=C2\C(=O)Nc3ccc(C#N)cc32)c(C)c1C(=O)NCCN1CCNC(=O)C1.O=C(O)C(F)(F)F. The molecule has 0 spiro atoms. The van der Waals surface area contributed by atoms with Crippen LogP contribution in [0.25, 0.3) is 11.6 Å². The zero-order chi connectivity index (χ0) is 28.9. The van der Waals surface area contributed by atoms with E-state index in [-0.39, 0.29) is 17.7 Å². The minimum absolute atomic E-state index is 0.00278. The fourth-order valence-electron chi connectivity index (χ4n) is 4.10. The molecule has 1 aromatic carbocycles. The number of hydrogen-bond acceptors (Lipinski definition) is 6. The van der Waals surface area contributed by atoms with E-state index in [1.165, 1.54) is 0 Å². The van der Waals surface area contributed by atoms with Crippen molar-refractivity contribution < 1.29 is 37.5 Å². The van der Waals surface area contributed by atoms with E-state index in [2.05, 4.69) is 27.0 Å². The van der Waals surface area contributed by atoms with Crippen LogP contribution in [0, 0.1) is 25.2 Å². The van der Waals surface area contributed by atoms with Crippen molar-refractivity contribution in [3.8, 4) is 6.07 Å². The Morgan fingerprint density at radius 1 is 1.26 bits per heavy atom. The van der Waals surface area contributed by atoms with E-state index < -0.39 is 12.1 Å². The number of rotatable bonds is 5. The summed E-state index contributed by atoms with van der Waals surface area (Å²) in [5, 5.41) is 24.8. The van der Waals surface area contributed by atoms with Gasteiger partial charge in [0.25, 0.3) is 11.8 Å². The number of nitrogens with one attached hydrogen (secondary N) is 4. The number of piperazine rings is 1. The second kappa shape index (κ2) is 11.8. The van der Waals surface area contributed by atoms with Crippen molar-refractivity contribution in [2.24, 2.45) is 0 Å². The van der Waals surface area contributed by atoms with E-state index in [0.29, 0.717) is 65.5 Å². The number of fused-ring (bicyclic) bond motifs is 1. The van der Waals surface area contributed by atoms with E-state index in [4.69, 9.17) is 9.90 Å². The maximum Gasteiger partial charge on any atom is 0.490 e. The maximum atomic E-state index is 12.8. The molecule has 39 heavy (non-hydrogen) atoms. The minimum Gasteiger partial charge on any atom is -0.475 e. The number of anilines is 1. The zero-order valence-electron chi connectivity index (χ0n) is 21.0. The van der Waals surface area contributed by atoms with Crippen LogP contribution in [0.15, 0.2) is 18.2 Å². The highest BCUT2D eigenvalue weighted by Crippen LogP contribution is 2.34. The summed E-state index contributed by atoms with van der Waals surface area (Å²) in [6.45, 7) is 6.39. The Hall–Kier alpha value is -4.64. The van der Waals surface area contributed by atoms with E-state index >= 15 is 0 Å². The number of carboxylic acid groups (broad SMARTS) is 1. The van der Waals surface area contributed by atoms with Crippen molar-refractivity contribution in [3.63, 3.8) is 0 Å². The molecule has 2 aromatic rings. The van der Waals surface area contributed by atoms with Gasteiger partial charge in [0.2, 0.25) is 5.91 Å². The van der Waals surface area contributed by atoms with Gasteiger partial charge >= 0.3 is 12.1 Å². The first-order valence-corrected chi connectivity index (χ1v) is 11.7. The standard InChI is InChI=1S/C23H24N6O3.C2HF3O2/c1-13-19(10-17-16-9-15(11-24)3-4-18(16)28-22(17)31)27-14(2)21(13)23(32)26-6-8-29-7-5-25-20(30)12-29;3-2(4,5)1(6)7/h3-4,9-10,27H,5-8,12H2,1-2H3,(H,25,30)(H,26,32)(H,28,31);(H,6,7)/b17-10-;. The summed E-state index contributed by atoms with van der Waals surface area (Å²) in [5.74, 6) is -3.21. The lowest BCUT2D eigenvalue weighted by atomic mass is 10.0. The van der Waals surface area contributed by atoms with E-state index in [9.17, 15) is 32.8 Å². The summed E-state index contributed by atoms with van der Waals surface area (Å²) >= 11 is 0. The topological polar surface area (TPSA) is 167 Å². The quantitative estimate of drug-likeness (QED) is 0.356. The number of carboxylic acids is 1. The summed E-state index contributed by atoms with van der Waals surface area (Å²) in [6, 6.07) is 7.14. The molecular formula is C25H25F3N6O5. The number of nitrogens with zero attached hydrogens (tertiary/aromatic N) is 2. The molecule has 5 N–H and O–H groups in total. The van der Waals surface area contributed by atoms with Gasteiger partial charge in [-0.1, -0.05) is 0 Å². The molecule has 3 amide bonds. The average molecular weight is 547 g/mol. The first kappa shape index (κ1) is 28.9. The van der Waals surface area contributed by atoms with Crippen LogP contribution in [-0.4, -0.2) is 77.6 Å². The molecule has 11 nitrogen and oxygen atoms in total. The molecule has 0 saturated carbocycles. The van der Waals surface area contributed by atoms with Gasteiger partial charge in [0.15, 0.2) is 0 Å². The second-order valence-electron chi connectivity index (χ2n) is 8.73. The van der Waals surface area contributed by atoms with Gasteiger partial charge in [-0.05, 0) is 43.7 Å². The number of aromatic amines is 1. The molecule has 206 valence electrons. The molecule has 2 aliphatic heterocycles. The van der Waals surface area contributed by atoms with Gasteiger partial charge < -0.3 is 26.0 Å². The van der Waals surface area contributed by atoms with Crippen molar-refractivity contribution in [2.45, 2.75) is 20.0 Å². The number of hydrogen-bond donors (Lipinski definition) is 5. The van der Waals surface area contributed by atoms with Crippen molar-refractivity contribution in [3.05, 3.63) is 51.8 Å². The van der Waals surface area contributed by atoms with Crippen LogP contribution >= 0.6 is 0 Å². The average Bonchev–Trinajstić information content (AvgIpc) is 3.32. The molecule has 0 radical (unpaired) electrons. The molecule has 0 atom stereocenters. The van der Waals surface area contributed by atoms with E-state index in [0.717, 1.165) is 12.1 Å². The molecule has 1 aromatic heterocycles. The van der Waals surface area contributed by atoms with Crippen LogP contribution in [0.3, 0.4) is 0 Å². The van der Waals surface area contributed by atoms with Gasteiger partial charge in [0.05, 0.1) is 29.3 Å². The molecule has 0 unspecified atom stereocenters. The Morgan fingerprint density at radius 2 is 1.95 bits per heavy atom. The Kier molecular flexibility index (Phi) is 8.77. The Balaban J connectivity index is 0.000000532. The number of carbonyl (C=O) groups is 4. The van der Waals surface area contributed by atoms with Crippen LogP contribution in [-0.2, 0) is 14.4 Å². The fraction of sp³-hybridized carbons (Fsp3) is 0.320. The number of H-pyrrole nitrogens is 1. The lowest BCUT2D eigenvalue weighted by molar-refractivity contribution is -0.192. The molecular weight excluding hydrogens is 521 g/mol. The molecule has 0 aliphatic carbocycles. The van der Waals surface area contributed by atoms with Crippen LogP contribution < -0.4 is 16.0 Å². The van der Waals surface area contributed by atoms with Gasteiger partial charge in [0.1, 0.15) is 0 Å². The number of carbonyl (C=O) groups excluding carboxylic acids is 3. The lowest BCUT2D eigenvalue weighted by Gasteiger charge is -2.26. The Bertz CT molecular complexity index is 1390. The number of aryl methyl sites for hydroxylation is 1. The molecule has 3 heterocycles. The third-order valence-corrected chi connectivity index (χ3v) is 6.00. The number of amides is 3. The lowest BCUT2D eigenvalue weighted by Crippen LogP contribution is -2.49. The number of aliphatic carboxylic acids is 1. The maximum absolute atomic E-state index is 12.8. The third-order valence-electron chi connectivity index (χ3n) is 6.00. The van der Waals surface area contributed by atoms with Gasteiger partial charge in [-0.25, -0.2) is 4.79 Å². The van der Waals surface area contributed by atoms with Crippen molar-refractivity contribution in [2.75, 3.05) is 38.0 Å². The smallest absolute Gasteiger partial charge is 0.475 e. The molecule has 0 bridgehead atoms. The van der Waals surface area contributed by atoms with Gasteiger partial charge in [-0.3, -0.25) is 19.3 Å². The molecule has 1 fully saturated rings. The van der Waals surface area contributed by atoms with Crippen LogP contribution in [0.4, 0.5) is 18.9 Å². The number of nitriles is 1. The molecule has 1 saturated heterocycles. The third kappa shape index (κ3) is 7.02. The molecule has 2 aliphatic rings. The van der Waals surface area contributed by atoms with Crippen LogP contribution in [0.5, 0.6) is 0 Å². The highest BCUT2D eigenvalue weighted by Gasteiger charge is 2.38. The van der Waals surface area contributed by atoms with Gasteiger partial charge in [-0.2, -0.15) is 18.4 Å². The first-order valence-electron chi connectivity index (χ1n) is 11.7. The predicted octanol–water partition coefficient (Wildman–Crippen LogP) is 1.79. The number of aromatic nitrogens is 1. The summed E-state index contributed by atoms with van der Waals surface area (Å²) < 4.78 is 31.7. The summed E-state index contributed by atoms with van der Waals surface area (Å²) in [5.41, 5.74) is 4.88. The molecule has 14 heteroatoms. The van der Waals surface area contributed by atoms with Crippen molar-refractivity contribution in [1.82, 2.24) is 20.5 Å². The van der Waals surface area contributed by atoms with Crippen LogP contribution in [0.1, 0.15) is 38.4 Å².